The highest BCUT2D eigenvalue weighted by atomic mass is 35.5. The van der Waals surface area contributed by atoms with Crippen molar-refractivity contribution in [3.05, 3.63) is 78.2 Å². The highest BCUT2D eigenvalue weighted by molar-refractivity contribution is 7.92. The van der Waals surface area contributed by atoms with Crippen LogP contribution in [0.4, 0.5) is 11.5 Å². The topological polar surface area (TPSA) is 123 Å². The summed E-state index contributed by atoms with van der Waals surface area (Å²) in [5, 5.41) is 10.9. The lowest BCUT2D eigenvalue weighted by atomic mass is 10.1. The van der Waals surface area contributed by atoms with Crippen molar-refractivity contribution in [2.24, 2.45) is 0 Å². The number of benzene rings is 2. The second-order valence-corrected chi connectivity index (χ2v) is 9.86. The number of nitrogens with two attached hydrogens (primary N) is 1. The molecule has 0 aliphatic heterocycles. The van der Waals surface area contributed by atoms with Gasteiger partial charge in [0.15, 0.2) is 0 Å². The Morgan fingerprint density at radius 3 is 2.55 bits per heavy atom. The van der Waals surface area contributed by atoms with Crippen molar-refractivity contribution in [1.29, 1.82) is 0 Å². The molecule has 0 radical (unpaired) electrons. The van der Waals surface area contributed by atoms with Gasteiger partial charge >= 0.3 is 0 Å². The van der Waals surface area contributed by atoms with Crippen molar-refractivity contribution in [2.75, 3.05) is 10.5 Å². The number of anilines is 2. The number of nitrogen functional groups attached to an aromatic ring is 1. The first-order chi connectivity index (χ1) is 15.8. The van der Waals surface area contributed by atoms with Crippen LogP contribution in [0.2, 0.25) is 5.02 Å². The molecule has 2 aromatic carbocycles. The SMILES string of the molecule is Nc1ncnc2c1c(-c1ccc(S(=O)(=O)Nc3ccccc3Cl)cc1)cn2C1C=CC(O)C1. The van der Waals surface area contributed by atoms with Gasteiger partial charge in [-0.05, 0) is 29.8 Å². The van der Waals surface area contributed by atoms with Crippen LogP contribution >= 0.6 is 11.6 Å². The van der Waals surface area contributed by atoms with Crippen molar-refractivity contribution < 1.29 is 13.5 Å². The van der Waals surface area contributed by atoms with Crippen LogP contribution in [0.15, 0.2) is 78.1 Å². The highest BCUT2D eigenvalue weighted by Crippen LogP contribution is 2.37. The molecule has 168 valence electrons. The molecule has 1 aliphatic rings. The van der Waals surface area contributed by atoms with E-state index < -0.39 is 16.1 Å². The number of hydrogen-bond donors (Lipinski definition) is 3. The van der Waals surface area contributed by atoms with Gasteiger partial charge in [0.1, 0.15) is 17.8 Å². The minimum absolute atomic E-state index is 0.0648. The number of nitrogens with zero attached hydrogens (tertiary/aromatic N) is 3. The summed E-state index contributed by atoms with van der Waals surface area (Å²) in [5.41, 5.74) is 8.68. The van der Waals surface area contributed by atoms with Gasteiger partial charge in [0.2, 0.25) is 0 Å². The standard InChI is InChI=1S/C23H20ClN5O3S/c24-19-3-1-2-4-20(19)28-33(31,32)17-9-5-14(6-10-17)18-12-29(15-7-8-16(30)11-15)23-21(18)22(25)26-13-27-23/h1-10,12-13,15-16,28,30H,11H2,(H2,25,26,27). The van der Waals surface area contributed by atoms with Gasteiger partial charge in [-0.3, -0.25) is 4.72 Å². The van der Waals surface area contributed by atoms with Gasteiger partial charge in [0.05, 0.1) is 33.1 Å². The second-order valence-electron chi connectivity index (χ2n) is 7.77. The number of allylic oxidation sites excluding steroid dienone is 1. The summed E-state index contributed by atoms with van der Waals surface area (Å²) < 4.78 is 30.1. The molecule has 2 aromatic heterocycles. The first-order valence-electron chi connectivity index (χ1n) is 10.2. The predicted molar refractivity (Wildman–Crippen MR) is 128 cm³/mol. The summed E-state index contributed by atoms with van der Waals surface area (Å²) in [4.78, 5) is 8.63. The van der Waals surface area contributed by atoms with Gasteiger partial charge in [0.25, 0.3) is 10.0 Å². The van der Waals surface area contributed by atoms with Crippen molar-refractivity contribution >= 4 is 44.2 Å². The van der Waals surface area contributed by atoms with Crippen LogP contribution in [0, 0.1) is 0 Å². The van der Waals surface area contributed by atoms with E-state index in [4.69, 9.17) is 17.3 Å². The van der Waals surface area contributed by atoms with Crippen LogP contribution in [0.25, 0.3) is 22.2 Å². The summed E-state index contributed by atoms with van der Waals surface area (Å²) in [6.07, 6.45) is 7.04. The average molecular weight is 482 g/mol. The van der Waals surface area contributed by atoms with Crippen molar-refractivity contribution in [3.63, 3.8) is 0 Å². The van der Waals surface area contributed by atoms with Crippen LogP contribution in [0.3, 0.4) is 0 Å². The van der Waals surface area contributed by atoms with Gasteiger partial charge in [-0.15, -0.1) is 0 Å². The number of nitrogens with one attached hydrogen (secondary N) is 1. The number of aliphatic hydroxyl groups excluding tert-OH is 1. The summed E-state index contributed by atoms with van der Waals surface area (Å²) >= 11 is 6.09. The maximum Gasteiger partial charge on any atom is 0.261 e. The van der Waals surface area contributed by atoms with E-state index >= 15 is 0 Å². The number of aliphatic hydroxyl groups is 1. The molecule has 1 aliphatic carbocycles. The van der Waals surface area contributed by atoms with Crippen LogP contribution in [0.5, 0.6) is 0 Å². The molecule has 4 aromatic rings. The number of rotatable bonds is 5. The van der Waals surface area contributed by atoms with Crippen LogP contribution in [0.1, 0.15) is 12.5 Å². The number of para-hydroxylation sites is 1. The molecular formula is C23H20ClN5O3S. The molecule has 0 saturated heterocycles. The molecular weight excluding hydrogens is 462 g/mol. The van der Waals surface area contributed by atoms with Crippen LogP contribution < -0.4 is 10.5 Å². The Labute approximate surface area is 195 Å². The third-order valence-electron chi connectivity index (χ3n) is 5.63. The largest absolute Gasteiger partial charge is 0.389 e. The fourth-order valence-electron chi connectivity index (χ4n) is 4.01. The lowest BCUT2D eigenvalue weighted by molar-refractivity contribution is 0.211. The Morgan fingerprint density at radius 1 is 1.09 bits per heavy atom. The van der Waals surface area contributed by atoms with Crippen molar-refractivity contribution in [1.82, 2.24) is 14.5 Å². The number of fused-ring (bicyclic) bond motifs is 1. The molecule has 8 nitrogen and oxygen atoms in total. The number of hydrogen-bond acceptors (Lipinski definition) is 6. The van der Waals surface area contributed by atoms with Gasteiger partial charge in [-0.2, -0.15) is 0 Å². The third-order valence-corrected chi connectivity index (χ3v) is 7.34. The first-order valence-corrected chi connectivity index (χ1v) is 12.0. The molecule has 0 amide bonds. The number of aromatic nitrogens is 3. The predicted octanol–water partition coefficient (Wildman–Crippen LogP) is 4.00. The molecule has 5 rings (SSSR count). The van der Waals surface area contributed by atoms with E-state index in [1.807, 2.05) is 16.8 Å². The normalized spacial score (nSPS) is 18.1. The Kier molecular flexibility index (Phi) is 5.32. The molecule has 0 spiro atoms. The van der Waals surface area contributed by atoms with Crippen LogP contribution in [-0.2, 0) is 10.0 Å². The van der Waals surface area contributed by atoms with Gasteiger partial charge < -0.3 is 15.4 Å². The second kappa shape index (κ2) is 8.18. The zero-order valence-electron chi connectivity index (χ0n) is 17.3. The molecule has 0 fully saturated rings. The van der Waals surface area contributed by atoms with Gasteiger partial charge in [-0.1, -0.05) is 48.0 Å². The molecule has 2 unspecified atom stereocenters. The van der Waals surface area contributed by atoms with Crippen LogP contribution in [-0.4, -0.2) is 34.2 Å². The lowest BCUT2D eigenvalue weighted by Crippen LogP contribution is -2.13. The molecule has 0 bridgehead atoms. The molecule has 2 heterocycles. The Morgan fingerprint density at radius 2 is 1.85 bits per heavy atom. The van der Waals surface area contributed by atoms with E-state index in [0.29, 0.717) is 34.0 Å². The summed E-state index contributed by atoms with van der Waals surface area (Å²) in [5.74, 6) is 0.327. The fourth-order valence-corrected chi connectivity index (χ4v) is 5.33. The summed E-state index contributed by atoms with van der Waals surface area (Å²) in [6, 6.07) is 13.1. The smallest absolute Gasteiger partial charge is 0.261 e. The molecule has 2 atom stereocenters. The maximum atomic E-state index is 12.8. The summed E-state index contributed by atoms with van der Waals surface area (Å²) in [7, 11) is -3.83. The lowest BCUT2D eigenvalue weighted by Gasteiger charge is -2.12. The minimum atomic E-state index is -3.83. The zero-order valence-corrected chi connectivity index (χ0v) is 18.8. The van der Waals surface area contributed by atoms with Crippen molar-refractivity contribution in [2.45, 2.75) is 23.5 Å². The quantitative estimate of drug-likeness (QED) is 0.370. The Balaban J connectivity index is 1.53. The maximum absolute atomic E-state index is 12.8. The van der Waals surface area contributed by atoms with E-state index in [1.54, 1.807) is 42.5 Å². The average Bonchev–Trinajstić information content (AvgIpc) is 3.40. The van der Waals surface area contributed by atoms with Crippen molar-refractivity contribution in [3.8, 4) is 11.1 Å². The zero-order chi connectivity index (χ0) is 23.2. The van der Waals surface area contributed by atoms with E-state index in [1.165, 1.54) is 18.5 Å². The monoisotopic (exact) mass is 481 g/mol. The van der Waals surface area contributed by atoms with E-state index in [9.17, 15) is 13.5 Å². The minimum Gasteiger partial charge on any atom is -0.389 e. The molecule has 4 N–H and O–H groups in total. The van der Waals surface area contributed by atoms with Gasteiger partial charge in [0, 0.05) is 18.2 Å². The van der Waals surface area contributed by atoms with E-state index in [2.05, 4.69) is 14.7 Å². The molecule has 10 heteroatoms. The van der Waals surface area contributed by atoms with E-state index in [-0.39, 0.29) is 10.9 Å². The highest BCUT2D eigenvalue weighted by Gasteiger charge is 2.24. The Hall–Kier alpha value is -3.40. The first kappa shape index (κ1) is 21.4. The molecule has 33 heavy (non-hydrogen) atoms. The van der Waals surface area contributed by atoms with Gasteiger partial charge in [-0.25, -0.2) is 18.4 Å². The summed E-state index contributed by atoms with van der Waals surface area (Å²) in [6.45, 7) is 0. The Bertz CT molecular complexity index is 1480. The fraction of sp³-hybridized carbons (Fsp3) is 0.130. The van der Waals surface area contributed by atoms with E-state index in [0.717, 1.165) is 11.1 Å². The number of halogens is 1. The number of sulfonamides is 1. The molecule has 0 saturated carbocycles. The third kappa shape index (κ3) is 3.95.